The molecule has 188 valence electrons. The molecule has 0 bridgehead atoms. The van der Waals surface area contributed by atoms with Gasteiger partial charge in [0.05, 0.1) is 24.0 Å². The monoisotopic (exact) mass is 524 g/mol. The summed E-state index contributed by atoms with van der Waals surface area (Å²) in [6, 6.07) is 4.85. The first kappa shape index (κ1) is 25.1. The van der Waals surface area contributed by atoms with Crippen molar-refractivity contribution in [1.82, 2.24) is 30.0 Å². The molecule has 1 amide bonds. The molecule has 3 heterocycles. The fourth-order valence-electron chi connectivity index (χ4n) is 3.06. The van der Waals surface area contributed by atoms with Crippen molar-refractivity contribution in [1.29, 1.82) is 0 Å². The first-order chi connectivity index (χ1) is 16.9. The quantitative estimate of drug-likeness (QED) is 0.352. The summed E-state index contributed by atoms with van der Waals surface area (Å²) in [5, 5.41) is 2.26. The van der Waals surface area contributed by atoms with Gasteiger partial charge in [-0.2, -0.15) is 17.9 Å². The number of amides is 1. The lowest BCUT2D eigenvalue weighted by molar-refractivity contribution is -0.145. The second kappa shape index (κ2) is 9.58. The van der Waals surface area contributed by atoms with Crippen LogP contribution in [-0.2, 0) is 27.5 Å². The van der Waals surface area contributed by atoms with Crippen molar-refractivity contribution >= 4 is 26.9 Å². The summed E-state index contributed by atoms with van der Waals surface area (Å²) in [5.74, 6) is -2.55. The molecule has 4 aromatic rings. The third-order valence-corrected chi connectivity index (χ3v) is 6.21. The Morgan fingerprint density at radius 3 is 2.50 bits per heavy atom. The number of alkyl halides is 3. The van der Waals surface area contributed by atoms with Crippen molar-refractivity contribution in [2.24, 2.45) is 0 Å². The van der Waals surface area contributed by atoms with Crippen LogP contribution in [0.1, 0.15) is 18.4 Å². The molecule has 0 aliphatic carbocycles. The molecule has 0 saturated carbocycles. The van der Waals surface area contributed by atoms with E-state index in [-0.39, 0.29) is 28.8 Å². The molecule has 0 spiro atoms. The van der Waals surface area contributed by atoms with E-state index in [2.05, 4.69) is 30.0 Å². The molecule has 0 unspecified atom stereocenters. The molecular weight excluding hydrogens is 508 g/mol. The molecule has 0 radical (unpaired) electrons. The maximum atomic E-state index is 13.3. The second-order valence-electron chi connectivity index (χ2n) is 7.50. The van der Waals surface area contributed by atoms with Crippen LogP contribution in [0.3, 0.4) is 0 Å². The molecule has 3 aromatic heterocycles. The maximum Gasteiger partial charge on any atom is 0.451 e. The minimum absolute atomic E-state index is 0.133. The number of carbonyl (C=O) groups is 1. The molecule has 2 N–H and O–H groups in total. The van der Waals surface area contributed by atoms with Crippen molar-refractivity contribution in [2.45, 2.75) is 30.8 Å². The highest BCUT2D eigenvalue weighted by atomic mass is 32.2. The second-order valence-corrected chi connectivity index (χ2v) is 9.14. The van der Waals surface area contributed by atoms with Crippen molar-refractivity contribution in [3.05, 3.63) is 66.4 Å². The molecule has 36 heavy (non-hydrogen) atoms. The van der Waals surface area contributed by atoms with E-state index in [0.717, 1.165) is 36.9 Å². The Balaban J connectivity index is 1.39. The zero-order valence-electron chi connectivity index (χ0n) is 18.2. The molecule has 0 fully saturated rings. The van der Waals surface area contributed by atoms with E-state index in [0.29, 0.717) is 5.69 Å². The van der Waals surface area contributed by atoms with Gasteiger partial charge in [-0.25, -0.2) is 32.7 Å². The third kappa shape index (κ3) is 5.63. The average molecular weight is 524 g/mol. The van der Waals surface area contributed by atoms with Crippen LogP contribution in [0.4, 0.5) is 17.6 Å². The first-order valence-corrected chi connectivity index (χ1v) is 11.6. The van der Waals surface area contributed by atoms with Crippen molar-refractivity contribution in [3.8, 4) is 11.3 Å². The number of carbonyl (C=O) groups excluding carboxylic acids is 1. The van der Waals surface area contributed by atoms with Crippen LogP contribution in [0.5, 0.6) is 0 Å². The fourth-order valence-corrected chi connectivity index (χ4v) is 4.23. The van der Waals surface area contributed by atoms with Gasteiger partial charge in [0.15, 0.2) is 0 Å². The molecular formula is C21H16F4N6O4S. The Kier molecular flexibility index (Phi) is 6.69. The zero-order chi connectivity index (χ0) is 26.1. The molecule has 0 aliphatic heterocycles. The van der Waals surface area contributed by atoms with Crippen LogP contribution < -0.4 is 10.0 Å². The van der Waals surface area contributed by atoms with E-state index in [1.54, 1.807) is 0 Å². The summed E-state index contributed by atoms with van der Waals surface area (Å²) in [6.45, 7) is 1.17. The summed E-state index contributed by atoms with van der Waals surface area (Å²) < 4.78 is 83.8. The Bertz CT molecular complexity index is 1520. The van der Waals surface area contributed by atoms with Gasteiger partial charge < -0.3 is 9.73 Å². The van der Waals surface area contributed by atoms with Crippen molar-refractivity contribution < 1.29 is 35.2 Å². The van der Waals surface area contributed by atoms with Crippen LogP contribution in [0.25, 0.3) is 22.2 Å². The number of halogens is 4. The number of fused-ring (bicyclic) bond motifs is 1. The van der Waals surface area contributed by atoms with E-state index < -0.39 is 44.9 Å². The number of nitrogens with one attached hydrogen (secondary N) is 2. The topological polar surface area (TPSA) is 140 Å². The number of rotatable bonds is 7. The third-order valence-electron chi connectivity index (χ3n) is 4.81. The predicted octanol–water partition coefficient (Wildman–Crippen LogP) is 2.82. The molecule has 10 nitrogen and oxygen atoms in total. The molecule has 15 heteroatoms. The summed E-state index contributed by atoms with van der Waals surface area (Å²) in [7, 11) is -4.24. The maximum absolute atomic E-state index is 13.3. The van der Waals surface area contributed by atoms with E-state index in [4.69, 9.17) is 4.42 Å². The van der Waals surface area contributed by atoms with Crippen LogP contribution in [0.2, 0.25) is 0 Å². The van der Waals surface area contributed by atoms with Crippen LogP contribution in [0.15, 0.2) is 58.6 Å². The van der Waals surface area contributed by atoms with Gasteiger partial charge in [0.1, 0.15) is 17.7 Å². The Hall–Kier alpha value is -3.98. The highest BCUT2D eigenvalue weighted by Crippen LogP contribution is 2.27. The van der Waals surface area contributed by atoms with E-state index in [1.807, 2.05) is 0 Å². The standard InChI is InChI=1S/C21H16F4N6O4S/c1-11(31-36(33,34)18-5-12-4-14(22)2-3-17(12)35-18)19(32)26-9-15-6-16(30-10-29-15)13-7-27-20(28-8-13)21(23,24)25/h2-8,10-11,31H,9H2,1H3,(H,26,32)/t11-/m0/s1. The van der Waals surface area contributed by atoms with Gasteiger partial charge in [-0.15, -0.1) is 0 Å². The summed E-state index contributed by atoms with van der Waals surface area (Å²) >= 11 is 0. The average Bonchev–Trinajstić information content (AvgIpc) is 3.26. The number of benzene rings is 1. The lowest BCUT2D eigenvalue weighted by Crippen LogP contribution is -2.44. The number of sulfonamides is 1. The minimum atomic E-state index is -4.68. The van der Waals surface area contributed by atoms with E-state index in [9.17, 15) is 30.8 Å². The fraction of sp³-hybridized carbons (Fsp3) is 0.190. The molecule has 0 aliphatic rings. The van der Waals surface area contributed by atoms with Gasteiger partial charge in [0.25, 0.3) is 10.0 Å². The van der Waals surface area contributed by atoms with Crippen LogP contribution >= 0.6 is 0 Å². The van der Waals surface area contributed by atoms with E-state index >= 15 is 0 Å². The number of aromatic nitrogens is 4. The van der Waals surface area contributed by atoms with Crippen LogP contribution in [0, 0.1) is 5.82 Å². The molecule has 1 aromatic carbocycles. The van der Waals surface area contributed by atoms with Crippen molar-refractivity contribution in [2.75, 3.05) is 0 Å². The minimum Gasteiger partial charge on any atom is -0.443 e. The van der Waals surface area contributed by atoms with Gasteiger partial charge in [-0.1, -0.05) is 0 Å². The Morgan fingerprint density at radius 2 is 1.81 bits per heavy atom. The highest BCUT2D eigenvalue weighted by Gasteiger charge is 2.34. The zero-order valence-corrected chi connectivity index (χ0v) is 19.1. The predicted molar refractivity (Wildman–Crippen MR) is 116 cm³/mol. The Labute approximate surface area is 200 Å². The summed E-state index contributed by atoms with van der Waals surface area (Å²) in [6.07, 6.45) is -1.61. The largest absolute Gasteiger partial charge is 0.451 e. The van der Waals surface area contributed by atoms with E-state index in [1.165, 1.54) is 19.1 Å². The normalized spacial score (nSPS) is 13.0. The van der Waals surface area contributed by atoms with Gasteiger partial charge in [-0.05, 0) is 31.2 Å². The lowest BCUT2D eigenvalue weighted by atomic mass is 10.2. The van der Waals surface area contributed by atoms with Gasteiger partial charge in [0.2, 0.25) is 16.8 Å². The van der Waals surface area contributed by atoms with Gasteiger partial charge in [0, 0.05) is 29.4 Å². The lowest BCUT2D eigenvalue weighted by Gasteiger charge is -2.13. The van der Waals surface area contributed by atoms with Crippen molar-refractivity contribution in [3.63, 3.8) is 0 Å². The summed E-state index contributed by atoms with van der Waals surface area (Å²) in [5.41, 5.74) is 0.873. The molecule has 0 saturated heterocycles. The number of hydrogen-bond acceptors (Lipinski definition) is 8. The highest BCUT2D eigenvalue weighted by molar-refractivity contribution is 7.89. The van der Waals surface area contributed by atoms with Crippen LogP contribution in [-0.4, -0.2) is 40.3 Å². The number of hydrogen-bond donors (Lipinski definition) is 2. The van der Waals surface area contributed by atoms with Gasteiger partial charge in [-0.3, -0.25) is 4.79 Å². The SMILES string of the molecule is C[C@H](NS(=O)(=O)c1cc2cc(F)ccc2o1)C(=O)NCc1cc(-c2cnc(C(F)(F)F)nc2)ncn1. The summed E-state index contributed by atoms with van der Waals surface area (Å²) in [4.78, 5) is 26.9. The first-order valence-electron chi connectivity index (χ1n) is 10.1. The Morgan fingerprint density at radius 1 is 1.08 bits per heavy atom. The van der Waals surface area contributed by atoms with Gasteiger partial charge >= 0.3 is 6.18 Å². The molecule has 1 atom stereocenters. The number of furan rings is 1. The number of nitrogens with zero attached hydrogens (tertiary/aromatic N) is 4. The molecule has 4 rings (SSSR count). The smallest absolute Gasteiger partial charge is 0.443 e.